The molecule has 0 radical (unpaired) electrons. The first kappa shape index (κ1) is 16.4. The smallest absolute Gasteiger partial charge is 0.251 e. The van der Waals surface area contributed by atoms with Crippen molar-refractivity contribution >= 4 is 21.6 Å². The highest BCUT2D eigenvalue weighted by Gasteiger charge is 2.32. The van der Waals surface area contributed by atoms with Crippen LogP contribution in [0.3, 0.4) is 0 Å². The van der Waals surface area contributed by atoms with Crippen LogP contribution in [0.5, 0.6) is 0 Å². The van der Waals surface area contributed by atoms with E-state index in [1.54, 1.807) is 30.6 Å². The van der Waals surface area contributed by atoms with E-state index in [9.17, 15) is 13.2 Å². The van der Waals surface area contributed by atoms with Crippen molar-refractivity contribution in [2.75, 3.05) is 10.6 Å². The van der Waals surface area contributed by atoms with Gasteiger partial charge in [-0.05, 0) is 48.7 Å². The van der Waals surface area contributed by atoms with Gasteiger partial charge in [0.15, 0.2) is 0 Å². The van der Waals surface area contributed by atoms with Crippen LogP contribution in [0.4, 0.5) is 5.69 Å². The van der Waals surface area contributed by atoms with Gasteiger partial charge >= 0.3 is 0 Å². The minimum absolute atomic E-state index is 0.135. The van der Waals surface area contributed by atoms with Crippen LogP contribution in [0.25, 0.3) is 0 Å². The molecule has 1 aliphatic heterocycles. The van der Waals surface area contributed by atoms with Gasteiger partial charge in [0.25, 0.3) is 5.91 Å². The highest BCUT2D eigenvalue weighted by molar-refractivity contribution is 7.92. The Morgan fingerprint density at radius 1 is 1.38 bits per heavy atom. The zero-order chi connectivity index (χ0) is 17.3. The molecule has 126 valence electrons. The maximum atomic E-state index is 12.3. The van der Waals surface area contributed by atoms with Crippen LogP contribution in [-0.2, 0) is 23.0 Å². The summed E-state index contributed by atoms with van der Waals surface area (Å²) < 4.78 is 25.3. The lowest BCUT2D eigenvalue weighted by Crippen LogP contribution is -2.34. The van der Waals surface area contributed by atoms with Crippen LogP contribution in [0.2, 0.25) is 0 Å². The predicted molar refractivity (Wildman–Crippen MR) is 92.3 cm³/mol. The van der Waals surface area contributed by atoms with Gasteiger partial charge < -0.3 is 5.32 Å². The molecule has 2 aromatic rings. The minimum atomic E-state index is -3.32. The van der Waals surface area contributed by atoms with Crippen LogP contribution < -0.4 is 9.62 Å². The van der Waals surface area contributed by atoms with Gasteiger partial charge in [0, 0.05) is 30.5 Å². The summed E-state index contributed by atoms with van der Waals surface area (Å²) in [5.41, 5.74) is 2.99. The van der Waals surface area contributed by atoms with Crippen molar-refractivity contribution in [1.29, 1.82) is 0 Å². The molecule has 1 amide bonds. The minimum Gasteiger partial charge on any atom is -0.348 e. The van der Waals surface area contributed by atoms with Crippen LogP contribution >= 0.6 is 0 Å². The summed E-state index contributed by atoms with van der Waals surface area (Å²) in [4.78, 5) is 16.3. The van der Waals surface area contributed by atoms with E-state index in [4.69, 9.17) is 0 Å². The molecule has 0 aliphatic carbocycles. The third-order valence-electron chi connectivity index (χ3n) is 4.03. The number of fused-ring (bicyclic) bond motifs is 1. The lowest BCUT2D eigenvalue weighted by molar-refractivity contribution is 0.0951. The second-order valence-electron chi connectivity index (χ2n) is 6.00. The van der Waals surface area contributed by atoms with Crippen molar-refractivity contribution in [2.45, 2.75) is 25.9 Å². The first-order valence-electron chi connectivity index (χ1n) is 7.65. The molecule has 0 fully saturated rings. The molecular formula is C17H19N3O3S. The van der Waals surface area contributed by atoms with E-state index < -0.39 is 10.0 Å². The topological polar surface area (TPSA) is 79.4 Å². The maximum Gasteiger partial charge on any atom is 0.251 e. The van der Waals surface area contributed by atoms with Gasteiger partial charge in [-0.2, -0.15) is 0 Å². The molecule has 0 saturated carbocycles. The number of amides is 1. The summed E-state index contributed by atoms with van der Waals surface area (Å²) >= 11 is 0. The normalized spacial score (nSPS) is 16.8. The van der Waals surface area contributed by atoms with Crippen LogP contribution in [0, 0.1) is 0 Å². The molecule has 0 saturated heterocycles. The van der Waals surface area contributed by atoms with E-state index in [1.165, 1.54) is 10.6 Å². The molecule has 1 aliphatic rings. The molecule has 3 rings (SSSR count). The van der Waals surface area contributed by atoms with E-state index in [2.05, 4.69) is 10.3 Å². The summed E-state index contributed by atoms with van der Waals surface area (Å²) in [7, 11) is -3.32. The van der Waals surface area contributed by atoms with Gasteiger partial charge in [0.1, 0.15) is 0 Å². The summed E-state index contributed by atoms with van der Waals surface area (Å²) in [6.45, 7) is 2.26. The van der Waals surface area contributed by atoms with Gasteiger partial charge in [0.2, 0.25) is 10.0 Å². The van der Waals surface area contributed by atoms with Crippen LogP contribution in [0.1, 0.15) is 28.4 Å². The fraction of sp³-hybridized carbons (Fsp3) is 0.294. The van der Waals surface area contributed by atoms with Crippen molar-refractivity contribution in [1.82, 2.24) is 10.3 Å². The molecule has 24 heavy (non-hydrogen) atoms. The third kappa shape index (κ3) is 3.26. The Balaban J connectivity index is 1.77. The van der Waals surface area contributed by atoms with Crippen LogP contribution in [0.15, 0.2) is 42.7 Å². The number of sulfonamides is 1. The Morgan fingerprint density at radius 3 is 2.83 bits per heavy atom. The molecule has 1 aromatic heterocycles. The molecule has 0 bridgehead atoms. The van der Waals surface area contributed by atoms with Crippen molar-refractivity contribution < 1.29 is 13.2 Å². The number of nitrogens with zero attached hydrogens (tertiary/aromatic N) is 2. The monoisotopic (exact) mass is 345 g/mol. The van der Waals surface area contributed by atoms with Crippen LogP contribution in [-0.4, -0.2) is 31.6 Å². The Hall–Kier alpha value is -2.41. The van der Waals surface area contributed by atoms with Gasteiger partial charge in [-0.1, -0.05) is 6.07 Å². The quantitative estimate of drug-likeness (QED) is 0.915. The molecule has 6 nitrogen and oxygen atoms in total. The number of carbonyl (C=O) groups excluding carboxylic acids is 1. The SMILES string of the molecule is C[C@H]1Cc2cc(C(=O)NCc3cccnc3)ccc2N1S(C)(=O)=O. The molecule has 0 unspecified atom stereocenters. The largest absolute Gasteiger partial charge is 0.348 e. The van der Waals surface area contributed by atoms with E-state index in [1.807, 2.05) is 19.1 Å². The average molecular weight is 345 g/mol. The summed E-state index contributed by atoms with van der Waals surface area (Å²) in [6.07, 6.45) is 5.19. The summed E-state index contributed by atoms with van der Waals surface area (Å²) in [5, 5.41) is 2.85. The number of hydrogen-bond acceptors (Lipinski definition) is 4. The Bertz CT molecular complexity index is 866. The number of pyridine rings is 1. The molecule has 1 aromatic carbocycles. The lowest BCUT2D eigenvalue weighted by Gasteiger charge is -2.21. The Kier molecular flexibility index (Phi) is 4.28. The van der Waals surface area contributed by atoms with E-state index in [-0.39, 0.29) is 11.9 Å². The van der Waals surface area contributed by atoms with Gasteiger partial charge in [0.05, 0.1) is 11.9 Å². The van der Waals surface area contributed by atoms with Gasteiger partial charge in [-0.15, -0.1) is 0 Å². The number of rotatable bonds is 4. The third-order valence-corrected chi connectivity index (χ3v) is 5.30. The number of anilines is 1. The number of benzene rings is 1. The molecule has 0 spiro atoms. The molecule has 7 heteroatoms. The summed E-state index contributed by atoms with van der Waals surface area (Å²) in [6, 6.07) is 8.71. The molecule has 1 atom stereocenters. The van der Waals surface area contributed by atoms with E-state index in [0.717, 1.165) is 11.1 Å². The highest BCUT2D eigenvalue weighted by atomic mass is 32.2. The Labute approximate surface area is 141 Å². The van der Waals surface area contributed by atoms with Crippen molar-refractivity contribution in [3.05, 3.63) is 59.4 Å². The van der Waals surface area contributed by atoms with Crippen molar-refractivity contribution in [3.8, 4) is 0 Å². The van der Waals surface area contributed by atoms with Gasteiger partial charge in [-0.25, -0.2) is 8.42 Å². The second kappa shape index (κ2) is 6.24. The standard InChI is InChI=1S/C17H19N3O3S/c1-12-8-15-9-14(5-6-16(15)20(12)24(2,22)23)17(21)19-11-13-4-3-7-18-10-13/h3-7,9-10,12H,8,11H2,1-2H3,(H,19,21)/t12-/m0/s1. The Morgan fingerprint density at radius 2 is 2.17 bits per heavy atom. The first-order valence-corrected chi connectivity index (χ1v) is 9.50. The number of hydrogen-bond donors (Lipinski definition) is 1. The predicted octanol–water partition coefficient (Wildman–Crippen LogP) is 1.72. The zero-order valence-corrected chi connectivity index (χ0v) is 14.4. The van der Waals surface area contributed by atoms with Gasteiger partial charge in [-0.3, -0.25) is 14.1 Å². The zero-order valence-electron chi connectivity index (χ0n) is 13.6. The number of carbonyl (C=O) groups is 1. The molecule has 1 N–H and O–H groups in total. The molecule has 2 heterocycles. The maximum absolute atomic E-state index is 12.3. The fourth-order valence-corrected chi connectivity index (χ4v) is 4.30. The number of nitrogens with one attached hydrogen (secondary N) is 1. The highest BCUT2D eigenvalue weighted by Crippen LogP contribution is 2.34. The van der Waals surface area contributed by atoms with Crippen molar-refractivity contribution in [2.24, 2.45) is 0 Å². The number of aromatic nitrogens is 1. The fourth-order valence-electron chi connectivity index (χ4n) is 3.04. The van der Waals surface area contributed by atoms with E-state index in [0.29, 0.717) is 24.2 Å². The van der Waals surface area contributed by atoms with Crippen molar-refractivity contribution in [3.63, 3.8) is 0 Å². The average Bonchev–Trinajstić information content (AvgIpc) is 2.88. The lowest BCUT2D eigenvalue weighted by atomic mass is 10.1. The first-order chi connectivity index (χ1) is 11.4. The molecular weight excluding hydrogens is 326 g/mol. The van der Waals surface area contributed by atoms with E-state index >= 15 is 0 Å². The second-order valence-corrected chi connectivity index (χ2v) is 7.86. The summed E-state index contributed by atoms with van der Waals surface area (Å²) in [5.74, 6) is -0.188.